The van der Waals surface area contributed by atoms with E-state index in [1.807, 2.05) is 30.5 Å². The summed E-state index contributed by atoms with van der Waals surface area (Å²) in [5.41, 5.74) is 3.37. The van der Waals surface area contributed by atoms with Crippen LogP contribution >= 0.6 is 0 Å². The van der Waals surface area contributed by atoms with Crippen LogP contribution in [-0.2, 0) is 21.3 Å². The topological polar surface area (TPSA) is 56.6 Å². The molecule has 0 spiro atoms. The average molecular weight is 335 g/mol. The number of likely N-dealkylation sites (tertiary alicyclic amines) is 1. The Bertz CT molecular complexity index is 593. The van der Waals surface area contributed by atoms with E-state index >= 15 is 0 Å². The molecule has 0 N–H and O–H groups in total. The second-order valence-electron chi connectivity index (χ2n) is 7.01. The standard InChI is InChI=1S/C18H29N3O3/c1-12-17(13(2)20(4)19-12)16-8-5-9-21(16)18(22)14(3)24-11-15-7-6-10-23-15/h14-16H,5-11H2,1-4H3/t14-,15-,16-/m0/s1. The molecular formula is C18H29N3O3. The van der Waals surface area contributed by atoms with Crippen molar-refractivity contribution in [3.05, 3.63) is 17.0 Å². The Labute approximate surface area is 144 Å². The molecule has 6 nitrogen and oxygen atoms in total. The Morgan fingerprint density at radius 2 is 2.17 bits per heavy atom. The number of amides is 1. The molecule has 134 valence electrons. The monoisotopic (exact) mass is 335 g/mol. The molecule has 0 aliphatic carbocycles. The molecule has 0 aromatic carbocycles. The molecule has 1 amide bonds. The molecule has 2 aliphatic heterocycles. The van der Waals surface area contributed by atoms with Gasteiger partial charge >= 0.3 is 0 Å². The Morgan fingerprint density at radius 3 is 2.79 bits per heavy atom. The number of hydrogen-bond acceptors (Lipinski definition) is 4. The second kappa shape index (κ2) is 7.23. The number of rotatable bonds is 5. The van der Waals surface area contributed by atoms with Crippen LogP contribution < -0.4 is 0 Å². The van der Waals surface area contributed by atoms with Crippen molar-refractivity contribution < 1.29 is 14.3 Å². The number of nitrogens with zero attached hydrogens (tertiary/aromatic N) is 3. The van der Waals surface area contributed by atoms with Crippen LogP contribution in [-0.4, -0.2) is 52.6 Å². The molecule has 6 heteroatoms. The minimum Gasteiger partial charge on any atom is -0.376 e. The first-order chi connectivity index (χ1) is 11.5. The summed E-state index contributed by atoms with van der Waals surface area (Å²) in [7, 11) is 1.96. The largest absolute Gasteiger partial charge is 0.376 e. The summed E-state index contributed by atoms with van der Waals surface area (Å²) < 4.78 is 13.3. The average Bonchev–Trinajstić information content (AvgIpc) is 3.27. The number of aryl methyl sites for hydroxylation is 2. The van der Waals surface area contributed by atoms with E-state index in [1.54, 1.807) is 0 Å². The summed E-state index contributed by atoms with van der Waals surface area (Å²) in [5.74, 6) is 0.0816. The highest BCUT2D eigenvalue weighted by atomic mass is 16.5. The van der Waals surface area contributed by atoms with Crippen LogP contribution in [0.1, 0.15) is 55.6 Å². The first-order valence-electron chi connectivity index (χ1n) is 9.02. The maximum absolute atomic E-state index is 12.9. The Morgan fingerprint density at radius 1 is 1.38 bits per heavy atom. The van der Waals surface area contributed by atoms with Crippen molar-refractivity contribution in [1.82, 2.24) is 14.7 Å². The molecule has 3 rings (SSSR count). The molecule has 1 aromatic heterocycles. The van der Waals surface area contributed by atoms with Crippen molar-refractivity contribution in [2.24, 2.45) is 7.05 Å². The fourth-order valence-electron chi connectivity index (χ4n) is 3.94. The summed E-state index contributed by atoms with van der Waals surface area (Å²) in [4.78, 5) is 14.9. The highest BCUT2D eigenvalue weighted by molar-refractivity contribution is 5.81. The van der Waals surface area contributed by atoms with Crippen LogP contribution in [0.2, 0.25) is 0 Å². The van der Waals surface area contributed by atoms with Gasteiger partial charge in [0.25, 0.3) is 5.91 Å². The van der Waals surface area contributed by atoms with Crippen LogP contribution in [0.4, 0.5) is 0 Å². The van der Waals surface area contributed by atoms with Crippen LogP contribution in [0.25, 0.3) is 0 Å². The van der Waals surface area contributed by atoms with Gasteiger partial charge in [-0.2, -0.15) is 5.10 Å². The van der Waals surface area contributed by atoms with E-state index in [1.165, 1.54) is 5.56 Å². The Hall–Kier alpha value is -1.40. The fraction of sp³-hybridized carbons (Fsp3) is 0.778. The van der Waals surface area contributed by atoms with Crippen LogP contribution in [0.5, 0.6) is 0 Å². The van der Waals surface area contributed by atoms with Crippen molar-refractivity contribution in [1.29, 1.82) is 0 Å². The molecular weight excluding hydrogens is 306 g/mol. The molecule has 3 heterocycles. The predicted molar refractivity (Wildman–Crippen MR) is 90.8 cm³/mol. The van der Waals surface area contributed by atoms with E-state index in [4.69, 9.17) is 9.47 Å². The number of hydrogen-bond donors (Lipinski definition) is 0. The predicted octanol–water partition coefficient (Wildman–Crippen LogP) is 2.28. The summed E-state index contributed by atoms with van der Waals surface area (Å²) in [5, 5.41) is 4.51. The molecule has 0 unspecified atom stereocenters. The lowest BCUT2D eigenvalue weighted by molar-refractivity contribution is -0.145. The molecule has 1 aromatic rings. The quantitative estimate of drug-likeness (QED) is 0.828. The van der Waals surface area contributed by atoms with E-state index in [2.05, 4.69) is 12.0 Å². The SMILES string of the molecule is Cc1nn(C)c(C)c1[C@@H]1CCCN1C(=O)[C@H](C)OC[C@@H]1CCCO1. The van der Waals surface area contributed by atoms with Crippen molar-refractivity contribution in [2.75, 3.05) is 19.8 Å². The van der Waals surface area contributed by atoms with Gasteiger partial charge in [-0.25, -0.2) is 0 Å². The molecule has 0 radical (unpaired) electrons. The lowest BCUT2D eigenvalue weighted by atomic mass is 10.0. The van der Waals surface area contributed by atoms with E-state index < -0.39 is 6.10 Å². The van der Waals surface area contributed by atoms with E-state index in [0.717, 1.165) is 50.2 Å². The molecule has 0 bridgehead atoms. The van der Waals surface area contributed by atoms with E-state index in [0.29, 0.717) is 6.61 Å². The van der Waals surface area contributed by atoms with Gasteiger partial charge in [0.2, 0.25) is 0 Å². The molecule has 2 fully saturated rings. The third-order valence-electron chi connectivity index (χ3n) is 5.34. The first kappa shape index (κ1) is 17.4. The van der Waals surface area contributed by atoms with Crippen molar-refractivity contribution in [2.45, 2.75) is 64.7 Å². The first-order valence-corrected chi connectivity index (χ1v) is 9.02. The van der Waals surface area contributed by atoms with Gasteiger partial charge < -0.3 is 14.4 Å². The second-order valence-corrected chi connectivity index (χ2v) is 7.01. The summed E-state index contributed by atoms with van der Waals surface area (Å²) >= 11 is 0. The highest BCUT2D eigenvalue weighted by Crippen LogP contribution is 2.36. The Balaban J connectivity index is 1.66. The van der Waals surface area contributed by atoms with Crippen LogP contribution in [0, 0.1) is 13.8 Å². The van der Waals surface area contributed by atoms with E-state index in [9.17, 15) is 4.79 Å². The number of aromatic nitrogens is 2. The summed E-state index contributed by atoms with van der Waals surface area (Å²) in [6.45, 7) is 8.08. The molecule has 2 aliphatic rings. The smallest absolute Gasteiger partial charge is 0.251 e. The van der Waals surface area contributed by atoms with Gasteiger partial charge in [0.15, 0.2) is 0 Å². The zero-order valence-electron chi connectivity index (χ0n) is 15.2. The summed E-state index contributed by atoms with van der Waals surface area (Å²) in [6.07, 6.45) is 3.87. The zero-order valence-corrected chi connectivity index (χ0v) is 15.2. The minimum atomic E-state index is -0.424. The number of carbonyl (C=O) groups excluding carboxylic acids is 1. The third-order valence-corrected chi connectivity index (χ3v) is 5.34. The van der Waals surface area contributed by atoms with Gasteiger partial charge in [-0.3, -0.25) is 9.48 Å². The van der Waals surface area contributed by atoms with Crippen LogP contribution in [0.15, 0.2) is 0 Å². The van der Waals surface area contributed by atoms with Crippen LogP contribution in [0.3, 0.4) is 0 Å². The van der Waals surface area contributed by atoms with Gasteiger partial charge in [0.05, 0.1) is 24.4 Å². The van der Waals surface area contributed by atoms with Gasteiger partial charge in [-0.15, -0.1) is 0 Å². The maximum atomic E-state index is 12.9. The molecule has 2 saturated heterocycles. The molecule has 0 saturated carbocycles. The number of carbonyl (C=O) groups is 1. The van der Waals surface area contributed by atoms with Crippen molar-refractivity contribution in [3.63, 3.8) is 0 Å². The fourth-order valence-corrected chi connectivity index (χ4v) is 3.94. The van der Waals surface area contributed by atoms with Gasteiger partial charge in [-0.05, 0) is 46.5 Å². The van der Waals surface area contributed by atoms with Gasteiger partial charge in [-0.1, -0.05) is 0 Å². The maximum Gasteiger partial charge on any atom is 0.251 e. The third kappa shape index (κ3) is 3.35. The van der Waals surface area contributed by atoms with Gasteiger partial charge in [0, 0.05) is 31.5 Å². The van der Waals surface area contributed by atoms with Gasteiger partial charge in [0.1, 0.15) is 6.10 Å². The molecule has 3 atom stereocenters. The normalized spacial score (nSPS) is 25.4. The number of ether oxygens (including phenoxy) is 2. The summed E-state index contributed by atoms with van der Waals surface area (Å²) in [6, 6.07) is 0.125. The van der Waals surface area contributed by atoms with Crippen molar-refractivity contribution in [3.8, 4) is 0 Å². The highest BCUT2D eigenvalue weighted by Gasteiger charge is 2.35. The Kier molecular flexibility index (Phi) is 5.25. The van der Waals surface area contributed by atoms with Crippen molar-refractivity contribution >= 4 is 5.91 Å². The lowest BCUT2D eigenvalue weighted by Crippen LogP contribution is -2.39. The lowest BCUT2D eigenvalue weighted by Gasteiger charge is -2.28. The zero-order chi connectivity index (χ0) is 17.3. The minimum absolute atomic E-state index is 0.0816. The van der Waals surface area contributed by atoms with E-state index in [-0.39, 0.29) is 18.1 Å². The molecule has 24 heavy (non-hydrogen) atoms.